The van der Waals surface area contributed by atoms with Crippen LogP contribution < -0.4 is 4.57 Å². The Balaban J connectivity index is 1.90. The van der Waals surface area contributed by atoms with Gasteiger partial charge < -0.3 is 0 Å². The zero-order valence-electron chi connectivity index (χ0n) is 16.7. The number of rotatable bonds is 2. The molecule has 2 heteroatoms. The van der Waals surface area contributed by atoms with Crippen molar-refractivity contribution in [2.24, 2.45) is 7.05 Å². The summed E-state index contributed by atoms with van der Waals surface area (Å²) in [4.78, 5) is 4.59. The van der Waals surface area contributed by atoms with E-state index in [2.05, 4.69) is 99.0 Å². The standard InChI is InChI=1S/C25H25N2/c1-16-6-9-24(26-14-16)20-7-8-21-15-27(5)25(13-22(21)12-20)23-11-17(2)10-18(3)19(23)4/h6-15H,1-5H3/q+1. The molecule has 2 heterocycles. The highest BCUT2D eigenvalue weighted by Gasteiger charge is 2.16. The fourth-order valence-corrected chi connectivity index (χ4v) is 3.72. The summed E-state index contributed by atoms with van der Waals surface area (Å²) in [5.74, 6) is 0. The molecular weight excluding hydrogens is 328 g/mol. The summed E-state index contributed by atoms with van der Waals surface area (Å²) in [6.45, 7) is 8.63. The Morgan fingerprint density at radius 3 is 2.33 bits per heavy atom. The Morgan fingerprint density at radius 1 is 0.778 bits per heavy atom. The Morgan fingerprint density at radius 2 is 1.59 bits per heavy atom. The van der Waals surface area contributed by atoms with E-state index in [0.717, 1.165) is 11.3 Å². The third-order valence-electron chi connectivity index (χ3n) is 5.39. The Bertz CT molecular complexity index is 1160. The molecule has 134 valence electrons. The average Bonchev–Trinajstić information content (AvgIpc) is 2.64. The first-order chi connectivity index (χ1) is 12.9. The van der Waals surface area contributed by atoms with E-state index in [1.165, 1.54) is 44.3 Å². The van der Waals surface area contributed by atoms with Crippen molar-refractivity contribution in [3.05, 3.63) is 83.2 Å². The van der Waals surface area contributed by atoms with Gasteiger partial charge in [0.1, 0.15) is 7.05 Å². The molecule has 0 aliphatic rings. The number of benzene rings is 2. The van der Waals surface area contributed by atoms with Crippen molar-refractivity contribution in [3.63, 3.8) is 0 Å². The number of aryl methyl sites for hydroxylation is 4. The van der Waals surface area contributed by atoms with Crippen molar-refractivity contribution in [1.29, 1.82) is 0 Å². The zero-order valence-corrected chi connectivity index (χ0v) is 16.7. The second kappa shape index (κ2) is 6.62. The predicted molar refractivity (Wildman–Crippen MR) is 113 cm³/mol. The molecule has 0 spiro atoms. The largest absolute Gasteiger partial charge is 0.256 e. The van der Waals surface area contributed by atoms with Crippen LogP contribution in [0, 0.1) is 27.7 Å². The lowest BCUT2D eigenvalue weighted by Gasteiger charge is -2.10. The van der Waals surface area contributed by atoms with E-state index in [1.54, 1.807) is 0 Å². The fraction of sp³-hybridized carbons (Fsp3) is 0.200. The number of fused-ring (bicyclic) bond motifs is 1. The topological polar surface area (TPSA) is 16.8 Å². The second-order valence-electron chi connectivity index (χ2n) is 7.59. The van der Waals surface area contributed by atoms with Crippen molar-refractivity contribution < 1.29 is 4.57 Å². The number of hydrogen-bond donors (Lipinski definition) is 0. The van der Waals surface area contributed by atoms with E-state index in [1.807, 2.05) is 6.20 Å². The van der Waals surface area contributed by atoms with Crippen LogP contribution in [0.25, 0.3) is 33.3 Å². The van der Waals surface area contributed by atoms with Crippen LogP contribution in [0.3, 0.4) is 0 Å². The molecule has 4 rings (SSSR count). The fourth-order valence-electron chi connectivity index (χ4n) is 3.72. The van der Waals surface area contributed by atoms with E-state index in [4.69, 9.17) is 0 Å². The first kappa shape index (κ1) is 17.4. The summed E-state index contributed by atoms with van der Waals surface area (Å²) in [5, 5.41) is 2.47. The molecule has 4 aromatic rings. The summed E-state index contributed by atoms with van der Waals surface area (Å²) < 4.78 is 2.23. The number of aromatic nitrogens is 2. The van der Waals surface area contributed by atoms with Crippen molar-refractivity contribution in [1.82, 2.24) is 4.98 Å². The highest BCUT2D eigenvalue weighted by Crippen LogP contribution is 2.29. The molecule has 0 N–H and O–H groups in total. The molecule has 0 saturated carbocycles. The minimum Gasteiger partial charge on any atom is -0.256 e. The molecule has 0 fully saturated rings. The van der Waals surface area contributed by atoms with E-state index >= 15 is 0 Å². The van der Waals surface area contributed by atoms with Gasteiger partial charge in [-0.1, -0.05) is 23.8 Å². The lowest BCUT2D eigenvalue weighted by Crippen LogP contribution is -2.30. The van der Waals surface area contributed by atoms with Gasteiger partial charge in [-0.2, -0.15) is 0 Å². The van der Waals surface area contributed by atoms with Crippen LogP contribution in [0.5, 0.6) is 0 Å². The van der Waals surface area contributed by atoms with Crippen LogP contribution in [0.2, 0.25) is 0 Å². The highest BCUT2D eigenvalue weighted by atomic mass is 14.9. The molecule has 0 amide bonds. The summed E-state index contributed by atoms with van der Waals surface area (Å²) in [6.07, 6.45) is 4.14. The molecule has 0 radical (unpaired) electrons. The molecule has 2 aromatic carbocycles. The average molecular weight is 353 g/mol. The van der Waals surface area contributed by atoms with Gasteiger partial charge in [-0.05, 0) is 74.0 Å². The van der Waals surface area contributed by atoms with E-state index < -0.39 is 0 Å². The molecule has 2 nitrogen and oxygen atoms in total. The van der Waals surface area contributed by atoms with Gasteiger partial charge in [0.05, 0.1) is 5.69 Å². The van der Waals surface area contributed by atoms with Gasteiger partial charge in [0.2, 0.25) is 5.69 Å². The summed E-state index contributed by atoms with van der Waals surface area (Å²) >= 11 is 0. The molecule has 2 aromatic heterocycles. The SMILES string of the molecule is Cc1ccc(-c2ccc3c[n+](C)c(-c4cc(C)cc(C)c4C)cc3c2)nc1. The van der Waals surface area contributed by atoms with Crippen molar-refractivity contribution in [2.45, 2.75) is 27.7 Å². The summed E-state index contributed by atoms with van der Waals surface area (Å²) in [6, 6.07) is 17.6. The minimum absolute atomic E-state index is 1.01. The molecule has 0 saturated heterocycles. The second-order valence-corrected chi connectivity index (χ2v) is 7.59. The van der Waals surface area contributed by atoms with E-state index in [-0.39, 0.29) is 0 Å². The van der Waals surface area contributed by atoms with Crippen molar-refractivity contribution >= 4 is 10.8 Å². The van der Waals surface area contributed by atoms with Crippen LogP contribution in [0.4, 0.5) is 0 Å². The lowest BCUT2D eigenvalue weighted by atomic mass is 9.96. The van der Waals surface area contributed by atoms with Gasteiger partial charge in [-0.25, -0.2) is 4.57 Å². The Hall–Kier alpha value is -3.00. The van der Waals surface area contributed by atoms with Crippen LogP contribution in [0.15, 0.2) is 60.9 Å². The molecule has 0 unspecified atom stereocenters. The third-order valence-corrected chi connectivity index (χ3v) is 5.39. The van der Waals surface area contributed by atoms with Crippen molar-refractivity contribution in [2.75, 3.05) is 0 Å². The summed E-state index contributed by atoms with van der Waals surface area (Å²) in [5.41, 5.74) is 9.86. The molecule has 0 aliphatic heterocycles. The maximum Gasteiger partial charge on any atom is 0.213 e. The van der Waals surface area contributed by atoms with Gasteiger partial charge in [0.25, 0.3) is 0 Å². The predicted octanol–water partition coefficient (Wildman–Crippen LogP) is 5.63. The van der Waals surface area contributed by atoms with Crippen LogP contribution in [-0.2, 0) is 7.05 Å². The molecular formula is C25H25N2+. The maximum atomic E-state index is 4.59. The van der Waals surface area contributed by atoms with E-state index in [9.17, 15) is 0 Å². The van der Waals surface area contributed by atoms with Crippen LogP contribution >= 0.6 is 0 Å². The third kappa shape index (κ3) is 3.23. The number of pyridine rings is 2. The van der Waals surface area contributed by atoms with Gasteiger partial charge in [-0.3, -0.25) is 4.98 Å². The first-order valence-electron chi connectivity index (χ1n) is 9.37. The number of hydrogen-bond acceptors (Lipinski definition) is 1. The van der Waals surface area contributed by atoms with Crippen LogP contribution in [-0.4, -0.2) is 4.98 Å². The minimum atomic E-state index is 1.01. The zero-order chi connectivity index (χ0) is 19.1. The van der Waals surface area contributed by atoms with Gasteiger partial charge in [0.15, 0.2) is 6.20 Å². The quantitative estimate of drug-likeness (QED) is 0.427. The van der Waals surface area contributed by atoms with Crippen molar-refractivity contribution in [3.8, 4) is 22.5 Å². The smallest absolute Gasteiger partial charge is 0.213 e. The summed E-state index contributed by atoms with van der Waals surface area (Å²) in [7, 11) is 2.13. The van der Waals surface area contributed by atoms with Gasteiger partial charge in [-0.15, -0.1) is 0 Å². The maximum absolute atomic E-state index is 4.59. The normalized spacial score (nSPS) is 11.1. The first-order valence-corrected chi connectivity index (χ1v) is 9.37. The highest BCUT2D eigenvalue weighted by molar-refractivity contribution is 5.88. The van der Waals surface area contributed by atoms with E-state index in [0.29, 0.717) is 0 Å². The lowest BCUT2D eigenvalue weighted by molar-refractivity contribution is -0.659. The van der Waals surface area contributed by atoms with Gasteiger partial charge in [0, 0.05) is 28.8 Å². The monoisotopic (exact) mass is 353 g/mol. The molecule has 27 heavy (non-hydrogen) atoms. The molecule has 0 aliphatic carbocycles. The number of nitrogens with zero attached hydrogens (tertiary/aromatic N) is 2. The Labute approximate surface area is 161 Å². The Kier molecular flexibility index (Phi) is 4.27. The van der Waals surface area contributed by atoms with Gasteiger partial charge >= 0.3 is 0 Å². The molecule has 0 atom stereocenters. The van der Waals surface area contributed by atoms with Crippen LogP contribution in [0.1, 0.15) is 22.3 Å². The molecule has 0 bridgehead atoms.